The number of aryl methyl sites for hydroxylation is 2. The zero-order valence-corrected chi connectivity index (χ0v) is 8.52. The summed E-state index contributed by atoms with van der Waals surface area (Å²) in [6, 6.07) is 7.44. The number of nitrogens with zero attached hydrogens (tertiary/aromatic N) is 2. The second-order valence-corrected chi connectivity index (χ2v) is 3.45. The minimum Gasteiger partial charge on any atom is -0.258 e. The number of hydrogen-bond donors (Lipinski definition) is 0. The summed E-state index contributed by atoms with van der Waals surface area (Å²) >= 11 is 0. The summed E-state index contributed by atoms with van der Waals surface area (Å²) in [6.45, 7) is 3.42. The van der Waals surface area contributed by atoms with E-state index in [2.05, 4.69) is 4.98 Å². The third-order valence-electron chi connectivity index (χ3n) is 2.48. The van der Waals surface area contributed by atoms with Crippen molar-refractivity contribution >= 4 is 16.6 Å². The van der Waals surface area contributed by atoms with Crippen LogP contribution in [0.5, 0.6) is 0 Å². The molecule has 0 aliphatic carbocycles. The first-order valence-electron chi connectivity index (χ1n) is 4.61. The Hall–Kier alpha value is -1.97. The van der Waals surface area contributed by atoms with Gasteiger partial charge in [-0.05, 0) is 19.9 Å². The average Bonchev–Trinajstić information content (AvgIpc) is 2.17. The van der Waals surface area contributed by atoms with Crippen LogP contribution in [-0.2, 0) is 0 Å². The van der Waals surface area contributed by atoms with Crippen molar-refractivity contribution in [2.75, 3.05) is 0 Å². The van der Waals surface area contributed by atoms with Gasteiger partial charge < -0.3 is 0 Å². The lowest BCUT2D eigenvalue weighted by Crippen LogP contribution is -1.98. The van der Waals surface area contributed by atoms with E-state index in [-0.39, 0.29) is 10.6 Å². The van der Waals surface area contributed by atoms with E-state index in [0.717, 1.165) is 10.9 Å². The zero-order valence-electron chi connectivity index (χ0n) is 8.52. The van der Waals surface area contributed by atoms with Crippen LogP contribution in [0.15, 0.2) is 24.3 Å². The van der Waals surface area contributed by atoms with Crippen LogP contribution >= 0.6 is 0 Å². The van der Waals surface area contributed by atoms with Crippen molar-refractivity contribution in [2.24, 2.45) is 0 Å². The molecule has 2 rings (SSSR count). The third kappa shape index (κ3) is 1.44. The van der Waals surface area contributed by atoms with Gasteiger partial charge in [-0.3, -0.25) is 10.1 Å². The summed E-state index contributed by atoms with van der Waals surface area (Å²) in [4.78, 5) is 14.7. The van der Waals surface area contributed by atoms with Crippen LogP contribution in [-0.4, -0.2) is 9.91 Å². The van der Waals surface area contributed by atoms with Gasteiger partial charge in [-0.25, -0.2) is 4.98 Å². The lowest BCUT2D eigenvalue weighted by Gasteiger charge is -2.04. The molecule has 0 unspecified atom stereocenters. The molecule has 0 fully saturated rings. The maximum Gasteiger partial charge on any atom is 0.293 e. The first-order valence-corrected chi connectivity index (χ1v) is 4.61. The van der Waals surface area contributed by atoms with E-state index >= 15 is 0 Å². The third-order valence-corrected chi connectivity index (χ3v) is 2.48. The van der Waals surface area contributed by atoms with Gasteiger partial charge in [0.05, 0.1) is 10.4 Å². The molecule has 1 heterocycles. The van der Waals surface area contributed by atoms with Gasteiger partial charge in [-0.15, -0.1) is 0 Å². The molecule has 0 amide bonds. The average molecular weight is 202 g/mol. The Kier molecular flexibility index (Phi) is 2.11. The number of nitro groups is 1. The van der Waals surface area contributed by atoms with Crippen LogP contribution in [0.2, 0.25) is 0 Å². The van der Waals surface area contributed by atoms with Crippen LogP contribution < -0.4 is 0 Å². The first-order chi connectivity index (χ1) is 7.11. The predicted octanol–water partition coefficient (Wildman–Crippen LogP) is 2.76. The van der Waals surface area contributed by atoms with E-state index in [1.807, 2.05) is 24.3 Å². The van der Waals surface area contributed by atoms with Gasteiger partial charge >= 0.3 is 0 Å². The fourth-order valence-electron chi connectivity index (χ4n) is 1.79. The Labute approximate surface area is 86.7 Å². The molecule has 0 aliphatic heterocycles. The lowest BCUT2D eigenvalue weighted by atomic mass is 10.1. The summed E-state index contributed by atoms with van der Waals surface area (Å²) in [6.07, 6.45) is 0. The first kappa shape index (κ1) is 9.58. The highest BCUT2D eigenvalue weighted by Gasteiger charge is 2.18. The Morgan fingerprint density at radius 3 is 2.60 bits per heavy atom. The van der Waals surface area contributed by atoms with E-state index in [4.69, 9.17) is 0 Å². The van der Waals surface area contributed by atoms with E-state index in [0.29, 0.717) is 11.3 Å². The molecule has 0 spiro atoms. The molecule has 0 aliphatic rings. The molecule has 0 bridgehead atoms. The normalized spacial score (nSPS) is 10.5. The van der Waals surface area contributed by atoms with Crippen LogP contribution in [0.25, 0.3) is 10.9 Å². The smallest absolute Gasteiger partial charge is 0.258 e. The summed E-state index contributed by atoms with van der Waals surface area (Å²) in [5, 5.41) is 11.7. The van der Waals surface area contributed by atoms with Crippen LogP contribution in [0.1, 0.15) is 11.3 Å². The highest BCUT2D eigenvalue weighted by Crippen LogP contribution is 2.27. The Bertz CT molecular complexity index is 550. The van der Waals surface area contributed by atoms with Crippen LogP contribution in [0.4, 0.5) is 5.69 Å². The lowest BCUT2D eigenvalue weighted by molar-refractivity contribution is -0.386. The van der Waals surface area contributed by atoms with Gasteiger partial charge in [0.25, 0.3) is 5.69 Å². The maximum atomic E-state index is 10.9. The standard InChI is InChI=1S/C11H10N2O2/c1-7-9-5-3-4-6-10(9)12-8(2)11(7)13(14)15/h3-6H,1-2H3. The monoisotopic (exact) mass is 202 g/mol. The van der Waals surface area contributed by atoms with Crippen molar-refractivity contribution < 1.29 is 4.92 Å². The van der Waals surface area contributed by atoms with Gasteiger partial charge in [-0.1, -0.05) is 18.2 Å². The molecule has 0 saturated carbocycles. The minimum absolute atomic E-state index is 0.119. The molecule has 0 radical (unpaired) electrons. The number of benzene rings is 1. The van der Waals surface area contributed by atoms with Crippen LogP contribution in [0.3, 0.4) is 0 Å². The molecule has 2 aromatic rings. The highest BCUT2D eigenvalue weighted by molar-refractivity contribution is 5.85. The molecule has 0 saturated heterocycles. The fraction of sp³-hybridized carbons (Fsp3) is 0.182. The van der Waals surface area contributed by atoms with Gasteiger partial charge in [0.1, 0.15) is 5.69 Å². The largest absolute Gasteiger partial charge is 0.293 e. The number of para-hydroxylation sites is 1. The van der Waals surface area contributed by atoms with Gasteiger partial charge in [-0.2, -0.15) is 0 Å². The van der Waals surface area contributed by atoms with Crippen molar-refractivity contribution in [2.45, 2.75) is 13.8 Å². The molecule has 0 N–H and O–H groups in total. The predicted molar refractivity (Wildman–Crippen MR) is 57.9 cm³/mol. The highest BCUT2D eigenvalue weighted by atomic mass is 16.6. The summed E-state index contributed by atoms with van der Waals surface area (Å²) < 4.78 is 0. The Morgan fingerprint density at radius 2 is 1.93 bits per heavy atom. The second-order valence-electron chi connectivity index (χ2n) is 3.45. The quantitative estimate of drug-likeness (QED) is 0.527. The molecule has 76 valence electrons. The van der Waals surface area contributed by atoms with Crippen molar-refractivity contribution in [1.82, 2.24) is 4.98 Å². The Balaban J connectivity index is 2.90. The van der Waals surface area contributed by atoms with E-state index in [1.165, 1.54) is 0 Å². The number of hydrogen-bond acceptors (Lipinski definition) is 3. The van der Waals surface area contributed by atoms with Gasteiger partial charge in [0, 0.05) is 10.9 Å². The summed E-state index contributed by atoms with van der Waals surface area (Å²) in [5.74, 6) is 0. The number of aromatic nitrogens is 1. The fourth-order valence-corrected chi connectivity index (χ4v) is 1.79. The minimum atomic E-state index is -0.371. The molecule has 1 aromatic heterocycles. The number of pyridine rings is 1. The molecule has 0 atom stereocenters. The van der Waals surface area contributed by atoms with Crippen molar-refractivity contribution in [3.05, 3.63) is 45.6 Å². The van der Waals surface area contributed by atoms with Crippen molar-refractivity contribution in [3.63, 3.8) is 0 Å². The molecule has 4 nitrogen and oxygen atoms in total. The van der Waals surface area contributed by atoms with E-state index in [1.54, 1.807) is 13.8 Å². The van der Waals surface area contributed by atoms with Gasteiger partial charge in [0.15, 0.2) is 0 Å². The SMILES string of the molecule is Cc1nc2ccccc2c(C)c1[N+](=O)[O-]. The molecular weight excluding hydrogens is 192 g/mol. The van der Waals surface area contributed by atoms with E-state index in [9.17, 15) is 10.1 Å². The number of fused-ring (bicyclic) bond motifs is 1. The Morgan fingerprint density at radius 1 is 1.27 bits per heavy atom. The van der Waals surface area contributed by atoms with Gasteiger partial charge in [0.2, 0.25) is 0 Å². The zero-order chi connectivity index (χ0) is 11.0. The summed E-state index contributed by atoms with van der Waals surface area (Å²) in [7, 11) is 0. The molecular formula is C11H10N2O2. The summed E-state index contributed by atoms with van der Waals surface area (Å²) in [5.41, 5.74) is 2.08. The van der Waals surface area contributed by atoms with E-state index < -0.39 is 0 Å². The maximum absolute atomic E-state index is 10.9. The molecule has 4 heteroatoms. The topological polar surface area (TPSA) is 56.0 Å². The van der Waals surface area contributed by atoms with Crippen LogP contribution in [0, 0.1) is 24.0 Å². The van der Waals surface area contributed by atoms with Crippen molar-refractivity contribution in [3.8, 4) is 0 Å². The number of rotatable bonds is 1. The molecule has 1 aromatic carbocycles. The van der Waals surface area contributed by atoms with Crippen molar-refractivity contribution in [1.29, 1.82) is 0 Å². The second kappa shape index (κ2) is 3.31. The molecule has 15 heavy (non-hydrogen) atoms.